The molecule has 4 nitrogen and oxygen atoms in total. The molecule has 0 aromatic carbocycles. The van der Waals surface area contributed by atoms with Gasteiger partial charge >= 0.3 is 5.97 Å². The summed E-state index contributed by atoms with van der Waals surface area (Å²) < 4.78 is 7.94. The van der Waals surface area contributed by atoms with E-state index in [0.717, 1.165) is 8.95 Å². The summed E-state index contributed by atoms with van der Waals surface area (Å²) in [6.07, 6.45) is 3.25. The minimum Gasteiger partial charge on any atom is -0.465 e. The monoisotopic (exact) mass is 332 g/mol. The zero-order chi connectivity index (χ0) is 11.0. The number of hydrogen-bond acceptors (Lipinski definition) is 3. The molecule has 2 aromatic heterocycles. The maximum Gasteiger partial charge on any atom is 0.341 e. The fourth-order valence-electron chi connectivity index (χ4n) is 1.30. The zero-order valence-electron chi connectivity index (χ0n) is 7.70. The number of esters is 1. The van der Waals surface area contributed by atoms with E-state index in [2.05, 4.69) is 41.7 Å². The van der Waals surface area contributed by atoms with Crippen LogP contribution in [0.3, 0.4) is 0 Å². The molecule has 0 saturated carbocycles. The molecule has 2 rings (SSSR count). The van der Waals surface area contributed by atoms with Crippen molar-refractivity contribution >= 4 is 43.3 Å². The van der Waals surface area contributed by atoms with Crippen LogP contribution in [-0.2, 0) is 4.74 Å². The van der Waals surface area contributed by atoms with Crippen LogP contribution in [0.25, 0.3) is 5.52 Å². The molecule has 0 amide bonds. The Bertz CT molecular complexity index is 536. The first-order valence-electron chi connectivity index (χ1n) is 4.04. The fraction of sp³-hybridized carbons (Fsp3) is 0.111. The molecule has 78 valence electrons. The number of carbonyl (C=O) groups excluding carboxylic acids is 1. The molecule has 6 heteroatoms. The van der Waals surface area contributed by atoms with Crippen LogP contribution < -0.4 is 0 Å². The molecule has 0 aliphatic heterocycles. The van der Waals surface area contributed by atoms with Crippen LogP contribution >= 0.6 is 31.9 Å². The molecule has 0 radical (unpaired) electrons. The number of pyridine rings is 1. The summed E-state index contributed by atoms with van der Waals surface area (Å²) >= 11 is 6.72. The first-order valence-corrected chi connectivity index (χ1v) is 5.63. The molecule has 0 atom stereocenters. The lowest BCUT2D eigenvalue weighted by Gasteiger charge is -2.00. The minimum absolute atomic E-state index is 0.395. The van der Waals surface area contributed by atoms with Crippen LogP contribution in [0, 0.1) is 0 Å². The van der Waals surface area contributed by atoms with Gasteiger partial charge in [-0.3, -0.25) is 0 Å². The Balaban J connectivity index is 2.74. The number of nitrogens with zero attached hydrogens (tertiary/aromatic N) is 2. The van der Waals surface area contributed by atoms with Crippen molar-refractivity contribution in [3.63, 3.8) is 0 Å². The van der Waals surface area contributed by atoms with Gasteiger partial charge in [0.25, 0.3) is 0 Å². The number of fused-ring (bicyclic) bond motifs is 1. The second-order valence-corrected chi connectivity index (χ2v) is 4.62. The van der Waals surface area contributed by atoms with Gasteiger partial charge in [0.2, 0.25) is 0 Å². The summed E-state index contributed by atoms with van der Waals surface area (Å²) in [7, 11) is 1.35. The predicted molar refractivity (Wildman–Crippen MR) is 61.9 cm³/mol. The Morgan fingerprint density at radius 2 is 2.27 bits per heavy atom. The Morgan fingerprint density at radius 3 is 2.93 bits per heavy atom. The molecule has 2 aromatic rings. The number of hydrogen-bond donors (Lipinski definition) is 0. The van der Waals surface area contributed by atoms with Crippen molar-refractivity contribution in [3.05, 3.63) is 33.0 Å². The van der Waals surface area contributed by atoms with E-state index < -0.39 is 5.97 Å². The Hall–Kier alpha value is -0.880. The summed E-state index contributed by atoms with van der Waals surface area (Å²) in [6.45, 7) is 0. The van der Waals surface area contributed by atoms with Crippen molar-refractivity contribution in [1.29, 1.82) is 0 Å². The second-order valence-electron chi connectivity index (χ2n) is 2.85. The fourth-order valence-corrected chi connectivity index (χ4v) is 2.67. The molecule has 2 heterocycles. The first-order chi connectivity index (χ1) is 7.13. The summed E-state index contributed by atoms with van der Waals surface area (Å²) in [5, 5.41) is 4.07. The third-order valence-corrected chi connectivity index (χ3v) is 2.98. The van der Waals surface area contributed by atoms with E-state index in [-0.39, 0.29) is 0 Å². The highest BCUT2D eigenvalue weighted by Crippen LogP contribution is 2.25. The quantitative estimate of drug-likeness (QED) is 0.753. The summed E-state index contributed by atoms with van der Waals surface area (Å²) in [4.78, 5) is 11.4. The lowest BCUT2D eigenvalue weighted by atomic mass is 10.3. The smallest absolute Gasteiger partial charge is 0.341 e. The normalized spacial score (nSPS) is 10.6. The van der Waals surface area contributed by atoms with Crippen LogP contribution in [0.5, 0.6) is 0 Å². The van der Waals surface area contributed by atoms with Crippen molar-refractivity contribution in [3.8, 4) is 0 Å². The van der Waals surface area contributed by atoms with E-state index >= 15 is 0 Å². The highest BCUT2D eigenvalue weighted by atomic mass is 79.9. The van der Waals surface area contributed by atoms with E-state index in [1.807, 2.05) is 6.07 Å². The summed E-state index contributed by atoms with van der Waals surface area (Å²) in [6, 6.07) is 1.85. The molecule has 0 aliphatic rings. The van der Waals surface area contributed by atoms with Gasteiger partial charge in [0.15, 0.2) is 0 Å². The molecule has 0 unspecified atom stereocenters. The Kier molecular flexibility index (Phi) is 2.79. The maximum absolute atomic E-state index is 11.4. The van der Waals surface area contributed by atoms with E-state index in [4.69, 9.17) is 0 Å². The average Bonchev–Trinajstić information content (AvgIpc) is 2.60. The van der Waals surface area contributed by atoms with Gasteiger partial charge in [-0.2, -0.15) is 5.10 Å². The van der Waals surface area contributed by atoms with E-state index in [1.54, 1.807) is 10.7 Å². The van der Waals surface area contributed by atoms with E-state index in [1.165, 1.54) is 13.3 Å². The molecular formula is C9H6Br2N2O2. The standard InChI is InChI=1S/C9H6Br2N2O2/c1-15-9(14)6-3-12-13-4-5(10)2-7(11)8(6)13/h2-4H,1H3. The molecule has 0 N–H and O–H groups in total. The lowest BCUT2D eigenvalue weighted by molar-refractivity contribution is 0.0603. The highest BCUT2D eigenvalue weighted by molar-refractivity contribution is 9.11. The molecule has 0 fully saturated rings. The molecule has 15 heavy (non-hydrogen) atoms. The van der Waals surface area contributed by atoms with Gasteiger partial charge in [0, 0.05) is 15.1 Å². The molecule has 0 spiro atoms. The highest BCUT2D eigenvalue weighted by Gasteiger charge is 2.15. The van der Waals surface area contributed by atoms with Crippen LogP contribution in [0.15, 0.2) is 27.4 Å². The number of aromatic nitrogens is 2. The van der Waals surface area contributed by atoms with Crippen LogP contribution in [0.4, 0.5) is 0 Å². The molecule has 0 aliphatic carbocycles. The summed E-state index contributed by atoms with van der Waals surface area (Å²) in [5.41, 5.74) is 1.14. The van der Waals surface area contributed by atoms with Gasteiger partial charge in [-0.15, -0.1) is 0 Å². The number of halogens is 2. The first kappa shape index (κ1) is 10.6. The zero-order valence-corrected chi connectivity index (χ0v) is 10.9. The largest absolute Gasteiger partial charge is 0.465 e. The summed E-state index contributed by atoms with van der Waals surface area (Å²) in [5.74, 6) is -0.395. The predicted octanol–water partition coefficient (Wildman–Crippen LogP) is 2.65. The topological polar surface area (TPSA) is 43.6 Å². The van der Waals surface area contributed by atoms with Crippen molar-refractivity contribution in [1.82, 2.24) is 9.61 Å². The second kappa shape index (κ2) is 3.94. The van der Waals surface area contributed by atoms with Crippen molar-refractivity contribution < 1.29 is 9.53 Å². The number of carbonyl (C=O) groups is 1. The Labute approximate surface area is 102 Å². The number of ether oxygens (including phenoxy) is 1. The minimum atomic E-state index is -0.395. The van der Waals surface area contributed by atoms with E-state index in [0.29, 0.717) is 11.1 Å². The third-order valence-electron chi connectivity index (χ3n) is 1.94. The molecule has 0 bridgehead atoms. The maximum atomic E-state index is 11.4. The number of rotatable bonds is 1. The van der Waals surface area contributed by atoms with Crippen molar-refractivity contribution in [2.75, 3.05) is 7.11 Å². The molecular weight excluding hydrogens is 328 g/mol. The van der Waals surface area contributed by atoms with Gasteiger partial charge in [0.1, 0.15) is 5.56 Å². The van der Waals surface area contributed by atoms with Gasteiger partial charge in [-0.1, -0.05) is 0 Å². The van der Waals surface area contributed by atoms with Crippen LogP contribution in [0.2, 0.25) is 0 Å². The van der Waals surface area contributed by atoms with Crippen LogP contribution in [0.1, 0.15) is 10.4 Å². The van der Waals surface area contributed by atoms with Crippen molar-refractivity contribution in [2.24, 2.45) is 0 Å². The Morgan fingerprint density at radius 1 is 1.53 bits per heavy atom. The van der Waals surface area contributed by atoms with Gasteiger partial charge in [-0.25, -0.2) is 9.31 Å². The number of methoxy groups -OCH3 is 1. The van der Waals surface area contributed by atoms with Gasteiger partial charge in [0.05, 0.1) is 18.8 Å². The van der Waals surface area contributed by atoms with Crippen molar-refractivity contribution in [2.45, 2.75) is 0 Å². The average molecular weight is 334 g/mol. The molecule has 0 saturated heterocycles. The third kappa shape index (κ3) is 1.79. The van der Waals surface area contributed by atoms with E-state index in [9.17, 15) is 4.79 Å². The lowest BCUT2D eigenvalue weighted by Crippen LogP contribution is -2.00. The van der Waals surface area contributed by atoms with Gasteiger partial charge < -0.3 is 4.74 Å². The SMILES string of the molecule is COC(=O)c1cnn2cc(Br)cc(Br)c12. The van der Waals surface area contributed by atoms with Crippen LogP contribution in [-0.4, -0.2) is 22.7 Å². The van der Waals surface area contributed by atoms with Gasteiger partial charge in [-0.05, 0) is 37.9 Å².